The molecule has 0 radical (unpaired) electrons. The summed E-state index contributed by atoms with van der Waals surface area (Å²) in [4.78, 5) is 15.8. The van der Waals surface area contributed by atoms with Crippen molar-refractivity contribution in [3.63, 3.8) is 0 Å². The fourth-order valence-electron chi connectivity index (χ4n) is 3.92. The van der Waals surface area contributed by atoms with Gasteiger partial charge >= 0.3 is 0 Å². The van der Waals surface area contributed by atoms with E-state index in [9.17, 15) is 0 Å². The van der Waals surface area contributed by atoms with Crippen LogP contribution in [0.2, 0.25) is 0 Å². The maximum Gasteiger partial charge on any atom is 0.156 e. The van der Waals surface area contributed by atoms with Crippen LogP contribution in [0.15, 0.2) is 67.3 Å². The lowest BCUT2D eigenvalue weighted by atomic mass is 9.97. The van der Waals surface area contributed by atoms with E-state index < -0.39 is 0 Å². The van der Waals surface area contributed by atoms with Gasteiger partial charge in [0.25, 0.3) is 0 Å². The first kappa shape index (κ1) is 17.0. The second-order valence-corrected chi connectivity index (χ2v) is 7.32. The zero-order valence-corrected chi connectivity index (χ0v) is 15.6. The highest BCUT2D eigenvalue weighted by Crippen LogP contribution is 2.26. The highest BCUT2D eigenvalue weighted by molar-refractivity contribution is 5.63. The van der Waals surface area contributed by atoms with Crippen LogP contribution in [0.1, 0.15) is 30.3 Å². The number of likely N-dealkylation sites (tertiary alicyclic amines) is 1. The molecule has 6 heteroatoms. The normalized spacial score (nSPS) is 17.8. The lowest BCUT2D eigenvalue weighted by Crippen LogP contribution is -2.34. The number of aromatic nitrogens is 5. The minimum Gasteiger partial charge on any atom is -0.297 e. The van der Waals surface area contributed by atoms with Gasteiger partial charge in [-0.25, -0.2) is 9.50 Å². The van der Waals surface area contributed by atoms with Gasteiger partial charge in [-0.15, -0.1) is 0 Å². The van der Waals surface area contributed by atoms with E-state index >= 15 is 0 Å². The summed E-state index contributed by atoms with van der Waals surface area (Å²) in [6.07, 6.45) is 9.83. The summed E-state index contributed by atoms with van der Waals surface area (Å²) in [6.45, 7) is 2.97. The zero-order chi connectivity index (χ0) is 18.8. The molecule has 0 amide bonds. The first-order valence-corrected chi connectivity index (χ1v) is 9.74. The summed E-state index contributed by atoms with van der Waals surface area (Å²) in [5, 5.41) is 4.81. The number of rotatable bonds is 4. The average molecular weight is 370 g/mol. The van der Waals surface area contributed by atoms with Crippen LogP contribution in [0, 0.1) is 0 Å². The average Bonchev–Trinajstić information content (AvgIpc) is 3.19. The van der Waals surface area contributed by atoms with Gasteiger partial charge in [0.1, 0.15) is 0 Å². The van der Waals surface area contributed by atoms with Crippen molar-refractivity contribution in [2.24, 2.45) is 0 Å². The second-order valence-electron chi connectivity index (χ2n) is 7.32. The quantitative estimate of drug-likeness (QED) is 0.550. The van der Waals surface area contributed by atoms with Crippen LogP contribution in [0.25, 0.3) is 16.8 Å². The third kappa shape index (κ3) is 3.51. The molecule has 0 N–H and O–H groups in total. The zero-order valence-electron chi connectivity index (χ0n) is 15.6. The van der Waals surface area contributed by atoms with Crippen LogP contribution < -0.4 is 0 Å². The molecule has 0 saturated carbocycles. The molecule has 5 rings (SSSR count). The molecule has 4 aromatic heterocycles. The van der Waals surface area contributed by atoms with Crippen molar-refractivity contribution in [2.45, 2.75) is 25.3 Å². The van der Waals surface area contributed by atoms with E-state index in [4.69, 9.17) is 10.1 Å². The molecule has 0 bridgehead atoms. The molecule has 0 spiro atoms. The lowest BCUT2D eigenvalue weighted by molar-refractivity contribution is 0.194. The Balaban J connectivity index is 1.36. The Morgan fingerprint density at radius 2 is 1.89 bits per heavy atom. The highest BCUT2D eigenvalue weighted by Gasteiger charge is 2.25. The fourth-order valence-corrected chi connectivity index (χ4v) is 3.92. The molecule has 1 aliphatic rings. The van der Waals surface area contributed by atoms with Gasteiger partial charge in [-0.1, -0.05) is 6.07 Å². The first-order chi connectivity index (χ1) is 13.8. The summed E-state index contributed by atoms with van der Waals surface area (Å²) in [5.41, 5.74) is 4.27. The summed E-state index contributed by atoms with van der Waals surface area (Å²) >= 11 is 0. The van der Waals surface area contributed by atoms with Gasteiger partial charge < -0.3 is 0 Å². The smallest absolute Gasteiger partial charge is 0.156 e. The third-order valence-electron chi connectivity index (χ3n) is 5.34. The molecule has 1 saturated heterocycles. The molecular formula is C22H22N6. The van der Waals surface area contributed by atoms with Crippen LogP contribution in [0.4, 0.5) is 0 Å². The number of nitrogens with zero attached hydrogens (tertiary/aromatic N) is 6. The van der Waals surface area contributed by atoms with Gasteiger partial charge in [-0.3, -0.25) is 14.9 Å². The maximum absolute atomic E-state index is 4.81. The fraction of sp³-hybridized carbons (Fsp3) is 0.273. The van der Waals surface area contributed by atoms with Crippen molar-refractivity contribution in [2.75, 3.05) is 13.1 Å². The van der Waals surface area contributed by atoms with Gasteiger partial charge in [-0.05, 0) is 61.3 Å². The Morgan fingerprint density at radius 3 is 2.75 bits per heavy atom. The largest absolute Gasteiger partial charge is 0.297 e. The molecule has 0 aliphatic carbocycles. The molecule has 4 aromatic rings. The van der Waals surface area contributed by atoms with Gasteiger partial charge in [0.15, 0.2) is 11.5 Å². The summed E-state index contributed by atoms with van der Waals surface area (Å²) < 4.78 is 1.91. The molecule has 5 heterocycles. The molecule has 1 fully saturated rings. The standard InChI is InChI=1S/C22H22N6/c1-2-10-24-20(5-1)16-27-13-3-4-19(14-27)22-25-21-7-6-18(15-28(21)26-22)17-8-11-23-12-9-17/h1-2,5-12,15,19H,3-4,13-14,16H2/t19-/m0/s1. The van der Waals surface area contributed by atoms with Crippen LogP contribution in [-0.2, 0) is 6.54 Å². The Kier molecular flexibility index (Phi) is 4.54. The molecule has 1 atom stereocenters. The van der Waals surface area contributed by atoms with E-state index in [-0.39, 0.29) is 0 Å². The van der Waals surface area contributed by atoms with Crippen molar-refractivity contribution in [3.05, 3.63) is 78.8 Å². The van der Waals surface area contributed by atoms with Crippen molar-refractivity contribution in [3.8, 4) is 11.1 Å². The monoisotopic (exact) mass is 370 g/mol. The van der Waals surface area contributed by atoms with Crippen LogP contribution in [-0.4, -0.2) is 42.6 Å². The Bertz CT molecular complexity index is 1060. The van der Waals surface area contributed by atoms with Crippen molar-refractivity contribution < 1.29 is 0 Å². The minimum atomic E-state index is 0.363. The molecule has 0 aromatic carbocycles. The number of hydrogen-bond donors (Lipinski definition) is 0. The molecule has 1 aliphatic heterocycles. The van der Waals surface area contributed by atoms with E-state index in [0.29, 0.717) is 5.92 Å². The minimum absolute atomic E-state index is 0.363. The van der Waals surface area contributed by atoms with Crippen molar-refractivity contribution >= 4 is 5.65 Å². The maximum atomic E-state index is 4.81. The molecule has 6 nitrogen and oxygen atoms in total. The number of hydrogen-bond acceptors (Lipinski definition) is 5. The van der Waals surface area contributed by atoms with Gasteiger partial charge in [-0.2, -0.15) is 5.10 Å². The van der Waals surface area contributed by atoms with E-state index in [1.54, 1.807) is 0 Å². The van der Waals surface area contributed by atoms with Gasteiger partial charge in [0.2, 0.25) is 0 Å². The predicted octanol–water partition coefficient (Wildman–Crippen LogP) is 3.57. The lowest BCUT2D eigenvalue weighted by Gasteiger charge is -2.31. The predicted molar refractivity (Wildman–Crippen MR) is 108 cm³/mol. The van der Waals surface area contributed by atoms with E-state index in [1.807, 2.05) is 53.4 Å². The highest BCUT2D eigenvalue weighted by atomic mass is 15.3. The van der Waals surface area contributed by atoms with Crippen LogP contribution >= 0.6 is 0 Å². The Labute approximate surface area is 163 Å². The first-order valence-electron chi connectivity index (χ1n) is 9.74. The summed E-state index contributed by atoms with van der Waals surface area (Å²) in [5.74, 6) is 1.30. The Hall–Kier alpha value is -3.12. The Morgan fingerprint density at radius 1 is 0.964 bits per heavy atom. The molecule has 0 unspecified atom stereocenters. The van der Waals surface area contributed by atoms with E-state index in [2.05, 4.69) is 33.2 Å². The number of piperidine rings is 1. The molecule has 28 heavy (non-hydrogen) atoms. The second kappa shape index (κ2) is 7.48. The molecular weight excluding hydrogens is 348 g/mol. The third-order valence-corrected chi connectivity index (χ3v) is 5.34. The summed E-state index contributed by atoms with van der Waals surface area (Å²) in [7, 11) is 0. The van der Waals surface area contributed by atoms with Crippen LogP contribution in [0.3, 0.4) is 0 Å². The number of pyridine rings is 3. The number of fused-ring (bicyclic) bond motifs is 1. The topological polar surface area (TPSA) is 59.2 Å². The SMILES string of the molecule is c1ccc(CN2CCC[C@H](c3nc4ccc(-c5ccncc5)cn4n3)C2)nc1. The van der Waals surface area contributed by atoms with Gasteiger partial charge in [0.05, 0.1) is 5.69 Å². The summed E-state index contributed by atoms with van der Waals surface area (Å²) in [6, 6.07) is 14.3. The van der Waals surface area contributed by atoms with Crippen LogP contribution in [0.5, 0.6) is 0 Å². The van der Waals surface area contributed by atoms with E-state index in [0.717, 1.165) is 60.8 Å². The van der Waals surface area contributed by atoms with Crippen molar-refractivity contribution in [1.82, 2.24) is 29.5 Å². The van der Waals surface area contributed by atoms with E-state index in [1.165, 1.54) is 0 Å². The molecule has 140 valence electrons. The van der Waals surface area contributed by atoms with Crippen molar-refractivity contribution in [1.29, 1.82) is 0 Å². The van der Waals surface area contributed by atoms with Gasteiger partial charge in [0, 0.05) is 49.4 Å².